The van der Waals surface area contributed by atoms with Gasteiger partial charge in [-0.2, -0.15) is 0 Å². The quantitative estimate of drug-likeness (QED) is 0.836. The molecule has 1 aromatic rings. The molecule has 0 radical (unpaired) electrons. The minimum Gasteiger partial charge on any atom is -0.395 e. The summed E-state index contributed by atoms with van der Waals surface area (Å²) in [4.78, 5) is 0. The molecule has 2 N–H and O–H groups in total. The van der Waals surface area contributed by atoms with E-state index in [4.69, 9.17) is 16.3 Å². The second-order valence-electron chi connectivity index (χ2n) is 4.52. The molecule has 2 atom stereocenters. The third kappa shape index (κ3) is 3.19. The van der Waals surface area contributed by atoms with Crippen LogP contribution in [0.4, 0.5) is 0 Å². The minimum atomic E-state index is 0.00906. The molecule has 2 unspecified atom stereocenters. The number of nitrogens with one attached hydrogen (secondary N) is 1. The van der Waals surface area contributed by atoms with Gasteiger partial charge in [-0.25, -0.2) is 0 Å². The van der Waals surface area contributed by atoms with Crippen molar-refractivity contribution in [3.8, 4) is 0 Å². The summed E-state index contributed by atoms with van der Waals surface area (Å²) in [7, 11) is 1.65. The van der Waals surface area contributed by atoms with Crippen LogP contribution in [0.1, 0.15) is 11.1 Å². The van der Waals surface area contributed by atoms with Gasteiger partial charge in [-0.15, -0.1) is 0 Å². The first-order valence-electron chi connectivity index (χ1n) is 5.86. The molecule has 0 aromatic heterocycles. The summed E-state index contributed by atoms with van der Waals surface area (Å²) in [6, 6.07) is 6.43. The first-order chi connectivity index (χ1) is 8.22. The van der Waals surface area contributed by atoms with Crippen LogP contribution in [0.3, 0.4) is 0 Å². The molecule has 0 heterocycles. The summed E-state index contributed by atoms with van der Waals surface area (Å²) in [6.07, 6.45) is 1.96. The van der Waals surface area contributed by atoms with Gasteiger partial charge in [-0.3, -0.25) is 0 Å². The number of hydrogen-bond donors (Lipinski definition) is 2. The van der Waals surface area contributed by atoms with Crippen LogP contribution in [0, 0.1) is 0 Å². The van der Waals surface area contributed by atoms with E-state index in [1.54, 1.807) is 7.11 Å². The summed E-state index contributed by atoms with van der Waals surface area (Å²) in [5.41, 5.74) is 2.66. The molecule has 1 aliphatic rings. The summed E-state index contributed by atoms with van der Waals surface area (Å²) in [6.45, 7) is 0.630. The fraction of sp³-hybridized carbons (Fsp3) is 0.538. The molecule has 0 aliphatic heterocycles. The van der Waals surface area contributed by atoms with Crippen LogP contribution < -0.4 is 5.32 Å². The maximum absolute atomic E-state index is 9.21. The number of hydrogen-bond acceptors (Lipinski definition) is 3. The van der Waals surface area contributed by atoms with Crippen LogP contribution in [0.2, 0.25) is 5.02 Å². The highest BCUT2D eigenvalue weighted by Gasteiger charge is 2.23. The largest absolute Gasteiger partial charge is 0.395 e. The summed E-state index contributed by atoms with van der Waals surface area (Å²) >= 11 is 5.97. The van der Waals surface area contributed by atoms with E-state index in [2.05, 4.69) is 11.4 Å². The van der Waals surface area contributed by atoms with Crippen molar-refractivity contribution in [3.63, 3.8) is 0 Å². The number of aliphatic hydroxyl groups is 1. The number of fused-ring (bicyclic) bond motifs is 1. The molecule has 0 amide bonds. The van der Waals surface area contributed by atoms with Crippen LogP contribution in [0.5, 0.6) is 0 Å². The molecule has 0 bridgehead atoms. The van der Waals surface area contributed by atoms with E-state index < -0.39 is 0 Å². The molecule has 1 aromatic carbocycles. The van der Waals surface area contributed by atoms with Gasteiger partial charge in [0.05, 0.1) is 19.3 Å². The Morgan fingerprint density at radius 3 is 2.94 bits per heavy atom. The molecule has 94 valence electrons. The molecule has 0 saturated heterocycles. The highest BCUT2D eigenvalue weighted by atomic mass is 35.5. The fourth-order valence-electron chi connectivity index (χ4n) is 2.39. The van der Waals surface area contributed by atoms with Crippen LogP contribution in [0.25, 0.3) is 0 Å². The van der Waals surface area contributed by atoms with Gasteiger partial charge in [0, 0.05) is 18.2 Å². The molecule has 3 nitrogen and oxygen atoms in total. The van der Waals surface area contributed by atoms with E-state index in [1.807, 2.05) is 12.1 Å². The molecule has 0 spiro atoms. The van der Waals surface area contributed by atoms with Crippen molar-refractivity contribution >= 4 is 11.6 Å². The standard InChI is InChI=1S/C13H18ClNO2/c1-17-8-13(7-16)15-12-5-9-2-3-11(14)4-10(9)6-12/h2-4,12-13,15-16H,5-8H2,1H3. The number of ether oxygens (including phenoxy) is 1. The Bertz CT molecular complexity index is 384. The fourth-order valence-corrected chi connectivity index (χ4v) is 2.59. The van der Waals surface area contributed by atoms with E-state index in [0.29, 0.717) is 12.6 Å². The molecular weight excluding hydrogens is 238 g/mol. The number of aliphatic hydroxyl groups excluding tert-OH is 1. The third-order valence-corrected chi connectivity index (χ3v) is 3.40. The number of halogens is 1. The third-order valence-electron chi connectivity index (χ3n) is 3.16. The Balaban J connectivity index is 1.95. The topological polar surface area (TPSA) is 41.5 Å². The van der Waals surface area contributed by atoms with E-state index in [0.717, 1.165) is 17.9 Å². The number of benzene rings is 1. The summed E-state index contributed by atoms with van der Waals surface area (Å²) < 4.78 is 5.06. The Kier molecular flexibility index (Phi) is 4.40. The van der Waals surface area contributed by atoms with Crippen LogP contribution in [-0.2, 0) is 17.6 Å². The van der Waals surface area contributed by atoms with Gasteiger partial charge in [0.15, 0.2) is 0 Å². The predicted molar refractivity (Wildman–Crippen MR) is 68.5 cm³/mol. The molecule has 1 aliphatic carbocycles. The maximum atomic E-state index is 9.21. The summed E-state index contributed by atoms with van der Waals surface area (Å²) in [5, 5.41) is 13.4. The Morgan fingerprint density at radius 1 is 1.47 bits per heavy atom. The Labute approximate surface area is 107 Å². The van der Waals surface area contributed by atoms with Crippen molar-refractivity contribution in [1.29, 1.82) is 0 Å². The van der Waals surface area contributed by atoms with Crippen molar-refractivity contribution in [3.05, 3.63) is 34.3 Å². The lowest BCUT2D eigenvalue weighted by Gasteiger charge is -2.20. The van der Waals surface area contributed by atoms with Gasteiger partial charge in [0.1, 0.15) is 0 Å². The van der Waals surface area contributed by atoms with Gasteiger partial charge < -0.3 is 15.2 Å². The normalized spacial score (nSPS) is 20.3. The molecule has 0 saturated carbocycles. The average Bonchev–Trinajstić information content (AvgIpc) is 2.69. The predicted octanol–water partition coefficient (Wildman–Crippen LogP) is 1.40. The molecule has 17 heavy (non-hydrogen) atoms. The zero-order valence-electron chi connectivity index (χ0n) is 9.95. The zero-order valence-corrected chi connectivity index (χ0v) is 10.7. The number of methoxy groups -OCH3 is 1. The highest BCUT2D eigenvalue weighted by molar-refractivity contribution is 6.30. The molecular formula is C13H18ClNO2. The van der Waals surface area contributed by atoms with Crippen molar-refractivity contribution < 1.29 is 9.84 Å². The smallest absolute Gasteiger partial charge is 0.0638 e. The maximum Gasteiger partial charge on any atom is 0.0638 e. The van der Waals surface area contributed by atoms with E-state index in [9.17, 15) is 5.11 Å². The van der Waals surface area contributed by atoms with Gasteiger partial charge in [0.25, 0.3) is 0 Å². The Morgan fingerprint density at radius 2 is 2.24 bits per heavy atom. The van der Waals surface area contributed by atoms with E-state index >= 15 is 0 Å². The van der Waals surface area contributed by atoms with Gasteiger partial charge in [-0.05, 0) is 36.1 Å². The lowest BCUT2D eigenvalue weighted by molar-refractivity contribution is 0.122. The first-order valence-corrected chi connectivity index (χ1v) is 6.24. The van der Waals surface area contributed by atoms with E-state index in [-0.39, 0.29) is 12.6 Å². The van der Waals surface area contributed by atoms with Crippen molar-refractivity contribution in [2.75, 3.05) is 20.3 Å². The van der Waals surface area contributed by atoms with E-state index in [1.165, 1.54) is 11.1 Å². The zero-order chi connectivity index (χ0) is 12.3. The average molecular weight is 256 g/mol. The number of rotatable bonds is 5. The SMILES string of the molecule is COCC(CO)NC1Cc2ccc(Cl)cc2C1. The van der Waals surface area contributed by atoms with Crippen molar-refractivity contribution in [2.45, 2.75) is 24.9 Å². The molecule has 4 heteroatoms. The lowest BCUT2D eigenvalue weighted by atomic mass is 10.1. The minimum absolute atomic E-state index is 0.00906. The van der Waals surface area contributed by atoms with Crippen molar-refractivity contribution in [2.24, 2.45) is 0 Å². The molecule has 0 fully saturated rings. The van der Waals surface area contributed by atoms with Crippen LogP contribution in [-0.4, -0.2) is 37.5 Å². The summed E-state index contributed by atoms with van der Waals surface area (Å²) in [5.74, 6) is 0. The van der Waals surface area contributed by atoms with Gasteiger partial charge >= 0.3 is 0 Å². The molecule has 2 rings (SSSR count). The van der Waals surface area contributed by atoms with Crippen LogP contribution >= 0.6 is 11.6 Å². The van der Waals surface area contributed by atoms with Crippen molar-refractivity contribution in [1.82, 2.24) is 5.32 Å². The van der Waals surface area contributed by atoms with Gasteiger partial charge in [0.2, 0.25) is 0 Å². The van der Waals surface area contributed by atoms with Gasteiger partial charge in [-0.1, -0.05) is 17.7 Å². The monoisotopic (exact) mass is 255 g/mol. The second kappa shape index (κ2) is 5.83. The first kappa shape index (κ1) is 12.8. The second-order valence-corrected chi connectivity index (χ2v) is 4.96. The highest BCUT2D eigenvalue weighted by Crippen LogP contribution is 2.25. The lowest BCUT2D eigenvalue weighted by Crippen LogP contribution is -2.43. The van der Waals surface area contributed by atoms with Crippen LogP contribution in [0.15, 0.2) is 18.2 Å². The Hall–Kier alpha value is -0.610.